The molecule has 0 radical (unpaired) electrons. The number of nitrogens with one attached hydrogen (secondary N) is 3. The van der Waals surface area contributed by atoms with Gasteiger partial charge in [-0.3, -0.25) is 19.8 Å². The highest BCUT2D eigenvalue weighted by atomic mass is 35.5. The monoisotopic (exact) mass is 866 g/mol. The zero-order valence-corrected chi connectivity index (χ0v) is 35.5. The molecule has 2 aliphatic heterocycles. The highest BCUT2D eigenvalue weighted by molar-refractivity contribution is 7.90. The summed E-state index contributed by atoms with van der Waals surface area (Å²) in [4.78, 5) is 34.7. The van der Waals surface area contributed by atoms with Gasteiger partial charge in [-0.15, -0.1) is 0 Å². The molecule has 14 nitrogen and oxygen atoms in total. The van der Waals surface area contributed by atoms with Crippen LogP contribution in [0.3, 0.4) is 0 Å². The molecule has 0 saturated carbocycles. The molecule has 0 bridgehead atoms. The Hall–Kier alpha value is -5.58. The van der Waals surface area contributed by atoms with E-state index in [1.54, 1.807) is 24.4 Å². The summed E-state index contributed by atoms with van der Waals surface area (Å²) < 4.78 is 46.7. The van der Waals surface area contributed by atoms with Crippen LogP contribution >= 0.6 is 11.6 Å². The van der Waals surface area contributed by atoms with Crippen LogP contribution in [0, 0.1) is 15.5 Å². The third-order valence-electron chi connectivity index (χ3n) is 11.4. The van der Waals surface area contributed by atoms with E-state index in [4.69, 9.17) is 25.8 Å². The van der Waals surface area contributed by atoms with Gasteiger partial charge >= 0.3 is 0 Å². The second kappa shape index (κ2) is 17.8. The standard InChI is InChI=1S/C45H47ClN6O8S/c1-45(2)15-11-33(39(24-45)30-3-6-34(46)7-4-30)27-51-17-13-29(14-18-51)31-5-9-38(42(22-31)60-35-21-32-12-16-47-43(32)49-25-35)44(53)50-61(56,57)37-8-10-40(41(23-37)52(54)55)48-26-36-28-58-19-20-59-36/h3-10,12-13,16,21-23,25,36,48H,11,14-15,17-20,24,26-28H2,1-2H3,(H,47,49)(H,50,53). The Balaban J connectivity index is 1.03. The maximum atomic E-state index is 13.9. The Morgan fingerprint density at radius 1 is 1.07 bits per heavy atom. The fourth-order valence-corrected chi connectivity index (χ4v) is 9.15. The first-order valence-corrected chi connectivity index (χ1v) is 22.1. The Morgan fingerprint density at radius 2 is 1.89 bits per heavy atom. The van der Waals surface area contributed by atoms with E-state index in [-0.39, 0.29) is 35.1 Å². The normalized spacial score (nSPS) is 18.4. The predicted octanol–water partition coefficient (Wildman–Crippen LogP) is 8.62. The Bertz CT molecular complexity index is 2640. The first-order valence-electron chi connectivity index (χ1n) is 20.2. The highest BCUT2D eigenvalue weighted by Crippen LogP contribution is 2.44. The fourth-order valence-electron chi connectivity index (χ4n) is 8.04. The molecular weight excluding hydrogens is 820 g/mol. The zero-order chi connectivity index (χ0) is 42.7. The molecule has 1 unspecified atom stereocenters. The van der Waals surface area contributed by atoms with Crippen LogP contribution in [0.2, 0.25) is 5.02 Å². The van der Waals surface area contributed by atoms with Crippen LogP contribution in [0.15, 0.2) is 102 Å². The lowest BCUT2D eigenvalue weighted by Crippen LogP contribution is -2.34. The number of pyridine rings is 1. The molecule has 8 rings (SSSR count). The van der Waals surface area contributed by atoms with Crippen molar-refractivity contribution < 1.29 is 32.3 Å². The van der Waals surface area contributed by atoms with Crippen molar-refractivity contribution in [3.8, 4) is 11.5 Å². The topological polar surface area (TPSA) is 178 Å². The molecule has 3 aliphatic rings. The molecule has 318 valence electrons. The first kappa shape index (κ1) is 42.1. The largest absolute Gasteiger partial charge is 0.455 e. The van der Waals surface area contributed by atoms with E-state index in [0.717, 1.165) is 72.9 Å². The summed E-state index contributed by atoms with van der Waals surface area (Å²) in [5.74, 6) is -0.512. The van der Waals surface area contributed by atoms with Gasteiger partial charge in [0.2, 0.25) is 0 Å². The molecule has 16 heteroatoms. The molecule has 0 spiro atoms. The van der Waals surface area contributed by atoms with Crippen LogP contribution in [-0.4, -0.2) is 86.2 Å². The number of nitro benzene ring substituents is 1. The highest BCUT2D eigenvalue weighted by Gasteiger charge is 2.30. The lowest BCUT2D eigenvalue weighted by atomic mass is 9.72. The lowest BCUT2D eigenvalue weighted by Gasteiger charge is -2.36. The maximum absolute atomic E-state index is 13.9. The van der Waals surface area contributed by atoms with Gasteiger partial charge < -0.3 is 24.5 Å². The van der Waals surface area contributed by atoms with Gasteiger partial charge in [-0.25, -0.2) is 18.1 Å². The Kier molecular flexibility index (Phi) is 12.3. The van der Waals surface area contributed by atoms with Gasteiger partial charge in [-0.05, 0) is 102 Å². The van der Waals surface area contributed by atoms with E-state index in [9.17, 15) is 23.3 Å². The number of hydrogen-bond donors (Lipinski definition) is 3. The van der Waals surface area contributed by atoms with Crippen LogP contribution in [0.1, 0.15) is 61.0 Å². The summed E-state index contributed by atoms with van der Waals surface area (Å²) in [5.41, 5.74) is 6.41. The molecule has 3 N–H and O–H groups in total. The van der Waals surface area contributed by atoms with E-state index in [2.05, 4.69) is 57.0 Å². The number of ether oxygens (including phenoxy) is 3. The molecular formula is C45H47ClN6O8S. The summed E-state index contributed by atoms with van der Waals surface area (Å²) in [6.07, 6.45) is 9.05. The first-order chi connectivity index (χ1) is 29.3. The third kappa shape index (κ3) is 9.98. The average Bonchev–Trinajstić information content (AvgIpc) is 3.72. The summed E-state index contributed by atoms with van der Waals surface area (Å²) in [6.45, 7) is 8.47. The van der Waals surface area contributed by atoms with Crippen LogP contribution in [0.5, 0.6) is 11.5 Å². The number of amides is 1. The van der Waals surface area contributed by atoms with Crippen molar-refractivity contribution in [3.05, 3.63) is 129 Å². The molecule has 1 atom stereocenters. The van der Waals surface area contributed by atoms with E-state index < -0.39 is 31.4 Å². The van der Waals surface area contributed by atoms with Crippen molar-refractivity contribution in [2.45, 2.75) is 50.5 Å². The fraction of sp³-hybridized carbons (Fsp3) is 0.333. The van der Waals surface area contributed by atoms with Gasteiger partial charge in [-0.1, -0.05) is 55.3 Å². The number of aromatic nitrogens is 2. The quantitative estimate of drug-likeness (QED) is 0.0763. The average molecular weight is 867 g/mol. The summed E-state index contributed by atoms with van der Waals surface area (Å²) in [6, 6.07) is 20.2. The number of aromatic amines is 1. The number of halogens is 1. The van der Waals surface area contributed by atoms with E-state index in [0.29, 0.717) is 31.2 Å². The predicted molar refractivity (Wildman–Crippen MR) is 234 cm³/mol. The third-order valence-corrected chi connectivity index (χ3v) is 13.0. The number of hydrogen-bond acceptors (Lipinski definition) is 11. The van der Waals surface area contributed by atoms with Crippen molar-refractivity contribution in [2.75, 3.05) is 51.3 Å². The number of carbonyl (C=O) groups excluding carboxylic acids is 1. The number of sulfonamides is 1. The number of benzene rings is 3. The van der Waals surface area contributed by atoms with E-state index in [1.807, 2.05) is 18.2 Å². The van der Waals surface area contributed by atoms with Gasteiger partial charge in [0.05, 0.1) is 47.5 Å². The maximum Gasteiger partial charge on any atom is 0.293 e. The molecule has 3 aromatic carbocycles. The lowest BCUT2D eigenvalue weighted by molar-refractivity contribution is -0.384. The van der Waals surface area contributed by atoms with Gasteiger partial charge in [0.1, 0.15) is 22.8 Å². The van der Waals surface area contributed by atoms with E-state index in [1.165, 1.54) is 41.1 Å². The van der Waals surface area contributed by atoms with Gasteiger partial charge in [0.15, 0.2) is 0 Å². The summed E-state index contributed by atoms with van der Waals surface area (Å²) in [7, 11) is -4.58. The van der Waals surface area contributed by atoms with Gasteiger partial charge in [0.25, 0.3) is 21.6 Å². The number of nitro groups is 1. The summed E-state index contributed by atoms with van der Waals surface area (Å²) in [5, 5.41) is 16.5. The Labute approximate surface area is 359 Å². The second-order valence-electron chi connectivity index (χ2n) is 16.4. The van der Waals surface area contributed by atoms with Crippen LogP contribution < -0.4 is 14.8 Å². The number of H-pyrrole nitrogens is 1. The molecule has 1 fully saturated rings. The van der Waals surface area contributed by atoms with Crippen molar-refractivity contribution in [1.29, 1.82) is 0 Å². The van der Waals surface area contributed by atoms with Crippen LogP contribution in [-0.2, 0) is 19.5 Å². The zero-order valence-electron chi connectivity index (χ0n) is 33.9. The summed E-state index contributed by atoms with van der Waals surface area (Å²) >= 11 is 6.23. The molecule has 2 aromatic heterocycles. The van der Waals surface area contributed by atoms with Gasteiger partial charge in [-0.2, -0.15) is 0 Å². The van der Waals surface area contributed by atoms with Crippen molar-refractivity contribution in [1.82, 2.24) is 19.6 Å². The van der Waals surface area contributed by atoms with Crippen molar-refractivity contribution in [3.63, 3.8) is 0 Å². The van der Waals surface area contributed by atoms with Crippen LogP contribution in [0.4, 0.5) is 11.4 Å². The minimum Gasteiger partial charge on any atom is -0.455 e. The molecule has 1 saturated heterocycles. The van der Waals surface area contributed by atoms with Gasteiger partial charge in [0, 0.05) is 48.9 Å². The number of allylic oxidation sites excluding steroid dienone is 1. The number of carbonyl (C=O) groups is 1. The van der Waals surface area contributed by atoms with Crippen LogP contribution in [0.25, 0.3) is 22.2 Å². The number of rotatable bonds is 13. The van der Waals surface area contributed by atoms with Crippen molar-refractivity contribution >= 4 is 61.1 Å². The minimum absolute atomic E-state index is 0.0519. The number of nitrogens with zero attached hydrogens (tertiary/aromatic N) is 3. The molecule has 61 heavy (non-hydrogen) atoms. The SMILES string of the molecule is CC1(C)CCC(CN2CC=C(c3ccc(C(=O)NS(=O)(=O)c4ccc(NCC5COCCO5)c([N+](=O)[O-])c4)c(Oc4cnc5[nH]ccc5c4)c3)CC2)=C(c2ccc(Cl)cc2)C1. The van der Waals surface area contributed by atoms with Crippen molar-refractivity contribution in [2.24, 2.45) is 5.41 Å². The number of fused-ring (bicyclic) bond motifs is 1. The molecule has 4 heterocycles. The smallest absolute Gasteiger partial charge is 0.293 e. The number of anilines is 1. The second-order valence-corrected chi connectivity index (χ2v) is 18.5. The minimum atomic E-state index is -4.58. The Morgan fingerprint density at radius 3 is 2.64 bits per heavy atom. The molecule has 5 aromatic rings. The molecule has 1 amide bonds. The molecule has 1 aliphatic carbocycles. The van der Waals surface area contributed by atoms with E-state index >= 15 is 0 Å².